The van der Waals surface area contributed by atoms with Crippen molar-refractivity contribution in [2.45, 2.75) is 56.8 Å². The van der Waals surface area contributed by atoms with Crippen LogP contribution < -0.4 is 0 Å². The van der Waals surface area contributed by atoms with Crippen molar-refractivity contribution in [3.8, 4) is 0 Å². The van der Waals surface area contributed by atoms with Gasteiger partial charge in [0.1, 0.15) is 0 Å². The largest absolute Gasteiger partial charge is 0.395 e. The Labute approximate surface area is 86.8 Å². The monoisotopic (exact) mass is 206 g/mol. The number of unbranched alkanes of at least 4 members (excludes halogenated alkanes) is 4. The molecule has 0 amide bonds. The minimum atomic E-state index is -0.449. The number of thiol groups is 1. The molecule has 0 aliphatic rings. The molecule has 13 heavy (non-hydrogen) atoms. The molecule has 0 rings (SSSR count). The number of aliphatic hydroxyl groups excluding tert-OH is 2. The van der Waals surface area contributed by atoms with Crippen LogP contribution in [0.25, 0.3) is 0 Å². The number of rotatable bonds is 8. The standard InChI is InChI=1S/C10H22O2S/c1-2-3-4-5-6-7-9(12)10(13)8-11/h9-13H,2-8H2,1H3. The summed E-state index contributed by atoms with van der Waals surface area (Å²) in [4.78, 5) is 0. The zero-order valence-electron chi connectivity index (χ0n) is 8.45. The quantitative estimate of drug-likeness (QED) is 0.420. The number of hydrogen-bond donors (Lipinski definition) is 3. The predicted octanol–water partition coefficient (Wildman–Crippen LogP) is 2.00. The molecule has 0 radical (unpaired) electrons. The van der Waals surface area contributed by atoms with Gasteiger partial charge in [-0.05, 0) is 6.42 Å². The van der Waals surface area contributed by atoms with E-state index in [1.54, 1.807) is 0 Å². The molecule has 0 spiro atoms. The summed E-state index contributed by atoms with van der Waals surface area (Å²) in [6, 6.07) is 0. The van der Waals surface area contributed by atoms with Crippen molar-refractivity contribution in [2.24, 2.45) is 0 Å². The average Bonchev–Trinajstić information content (AvgIpc) is 2.16. The van der Waals surface area contributed by atoms with Gasteiger partial charge < -0.3 is 10.2 Å². The van der Waals surface area contributed by atoms with Crippen LogP contribution in [0.4, 0.5) is 0 Å². The Balaban J connectivity index is 3.21. The second-order valence-electron chi connectivity index (χ2n) is 3.52. The predicted molar refractivity (Wildman–Crippen MR) is 59.2 cm³/mol. The highest BCUT2D eigenvalue weighted by atomic mass is 32.1. The molecular weight excluding hydrogens is 184 g/mol. The molecule has 0 bridgehead atoms. The molecule has 0 fully saturated rings. The topological polar surface area (TPSA) is 40.5 Å². The fraction of sp³-hybridized carbons (Fsp3) is 1.00. The molecule has 0 heterocycles. The van der Waals surface area contributed by atoms with Gasteiger partial charge in [0.05, 0.1) is 18.0 Å². The average molecular weight is 206 g/mol. The Bertz CT molecular complexity index is 109. The molecule has 80 valence electrons. The molecule has 2 N–H and O–H groups in total. The van der Waals surface area contributed by atoms with Gasteiger partial charge in [-0.25, -0.2) is 0 Å². The Kier molecular flexibility index (Phi) is 9.03. The van der Waals surface area contributed by atoms with Crippen LogP contribution in [0, 0.1) is 0 Å². The van der Waals surface area contributed by atoms with Gasteiger partial charge in [-0.15, -0.1) is 0 Å². The maximum absolute atomic E-state index is 9.44. The summed E-state index contributed by atoms with van der Waals surface area (Å²) in [6.07, 6.45) is 6.30. The minimum absolute atomic E-state index is 0.0424. The van der Waals surface area contributed by atoms with Crippen LogP contribution in [0.1, 0.15) is 45.4 Å². The van der Waals surface area contributed by atoms with Gasteiger partial charge in [-0.3, -0.25) is 0 Å². The highest BCUT2D eigenvalue weighted by Gasteiger charge is 2.12. The van der Waals surface area contributed by atoms with E-state index < -0.39 is 6.10 Å². The summed E-state index contributed by atoms with van der Waals surface area (Å²) in [5, 5.41) is 17.9. The van der Waals surface area contributed by atoms with Gasteiger partial charge in [-0.1, -0.05) is 39.0 Å². The summed E-state index contributed by atoms with van der Waals surface area (Å²) in [5.41, 5.74) is 0. The maximum atomic E-state index is 9.44. The Morgan fingerprint density at radius 3 is 2.31 bits per heavy atom. The lowest BCUT2D eigenvalue weighted by atomic mass is 10.1. The van der Waals surface area contributed by atoms with Gasteiger partial charge in [0.25, 0.3) is 0 Å². The highest BCUT2D eigenvalue weighted by Crippen LogP contribution is 2.11. The third-order valence-electron chi connectivity index (χ3n) is 2.23. The van der Waals surface area contributed by atoms with Crippen molar-refractivity contribution in [1.29, 1.82) is 0 Å². The van der Waals surface area contributed by atoms with E-state index in [-0.39, 0.29) is 11.9 Å². The van der Waals surface area contributed by atoms with Gasteiger partial charge in [0.2, 0.25) is 0 Å². The maximum Gasteiger partial charge on any atom is 0.0678 e. The molecule has 0 aromatic rings. The van der Waals surface area contributed by atoms with Gasteiger partial charge >= 0.3 is 0 Å². The molecule has 2 nitrogen and oxygen atoms in total. The van der Waals surface area contributed by atoms with Crippen LogP contribution in [0.2, 0.25) is 0 Å². The number of hydrogen-bond acceptors (Lipinski definition) is 3. The van der Waals surface area contributed by atoms with E-state index in [1.807, 2.05) is 0 Å². The second-order valence-corrected chi connectivity index (χ2v) is 4.18. The summed E-state index contributed by atoms with van der Waals surface area (Å²) in [6.45, 7) is 2.14. The number of aliphatic hydroxyl groups is 2. The fourth-order valence-corrected chi connectivity index (χ4v) is 1.42. The molecule has 0 aliphatic carbocycles. The van der Waals surface area contributed by atoms with Crippen molar-refractivity contribution >= 4 is 12.6 Å². The van der Waals surface area contributed by atoms with Crippen molar-refractivity contribution in [1.82, 2.24) is 0 Å². The van der Waals surface area contributed by atoms with E-state index in [4.69, 9.17) is 5.11 Å². The molecule has 0 aromatic heterocycles. The van der Waals surface area contributed by atoms with Gasteiger partial charge in [0.15, 0.2) is 0 Å². The first-order chi connectivity index (χ1) is 6.22. The lowest BCUT2D eigenvalue weighted by Gasteiger charge is -2.15. The minimum Gasteiger partial charge on any atom is -0.395 e. The van der Waals surface area contributed by atoms with E-state index in [1.165, 1.54) is 25.7 Å². The third kappa shape index (κ3) is 7.35. The zero-order valence-corrected chi connectivity index (χ0v) is 9.34. The van der Waals surface area contributed by atoms with E-state index in [2.05, 4.69) is 19.6 Å². The van der Waals surface area contributed by atoms with Crippen LogP contribution in [0.3, 0.4) is 0 Å². The molecule has 3 heteroatoms. The Morgan fingerprint density at radius 2 is 1.77 bits per heavy atom. The van der Waals surface area contributed by atoms with Crippen molar-refractivity contribution in [2.75, 3.05) is 6.61 Å². The molecule has 0 saturated carbocycles. The Hall–Kier alpha value is 0.270. The van der Waals surface area contributed by atoms with Crippen LogP contribution in [-0.4, -0.2) is 28.2 Å². The zero-order chi connectivity index (χ0) is 10.1. The molecular formula is C10H22O2S. The van der Waals surface area contributed by atoms with E-state index >= 15 is 0 Å². The molecule has 2 unspecified atom stereocenters. The lowest BCUT2D eigenvalue weighted by molar-refractivity contribution is 0.130. The van der Waals surface area contributed by atoms with E-state index in [9.17, 15) is 5.11 Å². The summed E-state index contributed by atoms with van der Waals surface area (Å²) in [7, 11) is 0. The van der Waals surface area contributed by atoms with E-state index in [0.29, 0.717) is 0 Å². The first-order valence-corrected chi connectivity index (χ1v) is 5.71. The van der Waals surface area contributed by atoms with Crippen LogP contribution in [-0.2, 0) is 0 Å². The lowest BCUT2D eigenvalue weighted by Crippen LogP contribution is -2.24. The van der Waals surface area contributed by atoms with Crippen molar-refractivity contribution < 1.29 is 10.2 Å². The van der Waals surface area contributed by atoms with Crippen LogP contribution in [0.5, 0.6) is 0 Å². The SMILES string of the molecule is CCCCCCCC(O)C(S)CO. The van der Waals surface area contributed by atoms with Crippen LogP contribution in [0.15, 0.2) is 0 Å². The summed E-state index contributed by atoms with van der Waals surface area (Å²) in [5.74, 6) is 0. The second kappa shape index (κ2) is 8.85. The Morgan fingerprint density at radius 1 is 1.15 bits per heavy atom. The first kappa shape index (κ1) is 13.3. The first-order valence-electron chi connectivity index (χ1n) is 5.19. The van der Waals surface area contributed by atoms with Gasteiger partial charge in [-0.2, -0.15) is 12.6 Å². The molecule has 2 atom stereocenters. The van der Waals surface area contributed by atoms with E-state index in [0.717, 1.165) is 12.8 Å². The third-order valence-corrected chi connectivity index (χ3v) is 2.74. The fourth-order valence-electron chi connectivity index (χ4n) is 1.27. The summed E-state index contributed by atoms with van der Waals surface area (Å²) < 4.78 is 0. The normalized spacial score (nSPS) is 15.7. The van der Waals surface area contributed by atoms with Crippen molar-refractivity contribution in [3.05, 3.63) is 0 Å². The molecule has 0 aliphatic heterocycles. The molecule has 0 saturated heterocycles. The smallest absolute Gasteiger partial charge is 0.0678 e. The highest BCUT2D eigenvalue weighted by molar-refractivity contribution is 7.81. The van der Waals surface area contributed by atoms with Crippen molar-refractivity contribution in [3.63, 3.8) is 0 Å². The summed E-state index contributed by atoms with van der Waals surface area (Å²) >= 11 is 4.07. The van der Waals surface area contributed by atoms with Crippen LogP contribution >= 0.6 is 12.6 Å². The van der Waals surface area contributed by atoms with Gasteiger partial charge in [0, 0.05) is 0 Å². The molecule has 0 aromatic carbocycles.